The van der Waals surface area contributed by atoms with Crippen LogP contribution in [-0.4, -0.2) is 38.7 Å². The molecule has 2 heterocycles. The molecule has 1 aromatic heterocycles. The molecule has 0 saturated carbocycles. The Morgan fingerprint density at radius 1 is 1.12 bits per heavy atom. The van der Waals surface area contributed by atoms with Gasteiger partial charge in [-0.15, -0.1) is 0 Å². The van der Waals surface area contributed by atoms with Gasteiger partial charge in [-0.1, -0.05) is 30.0 Å². The maximum Gasteiger partial charge on any atom is 0.308 e. The van der Waals surface area contributed by atoms with E-state index >= 15 is 0 Å². The summed E-state index contributed by atoms with van der Waals surface area (Å²) < 4.78 is 23.7. The smallest absolute Gasteiger partial charge is 0.308 e. The first-order chi connectivity index (χ1) is 16.4. The lowest BCUT2D eigenvalue weighted by Crippen LogP contribution is -2.25. The van der Waals surface area contributed by atoms with Gasteiger partial charge in [0.2, 0.25) is 16.9 Å². The Kier molecular flexibility index (Phi) is 7.22. The van der Waals surface area contributed by atoms with Crippen LogP contribution in [-0.2, 0) is 16.1 Å². The Balaban J connectivity index is 1.34. The normalized spacial score (nSPS) is 15.3. The van der Waals surface area contributed by atoms with Crippen LogP contribution in [0.25, 0.3) is 0 Å². The van der Waals surface area contributed by atoms with E-state index in [4.69, 9.17) is 9.47 Å². The first kappa shape index (κ1) is 23.4. The lowest BCUT2D eigenvalue weighted by Gasteiger charge is -2.16. The SMILES string of the molecule is CC(=O)Oc1ccccc1C(=O)S[C@@H]1CC(=O)N(Cc2ccc(Oc3ccc(F)cc3)nc2)C1. The average molecular weight is 481 g/mol. The number of ether oxygens (including phenoxy) is 2. The summed E-state index contributed by atoms with van der Waals surface area (Å²) in [6, 6.07) is 15.7. The number of carbonyl (C=O) groups is 3. The predicted molar refractivity (Wildman–Crippen MR) is 124 cm³/mol. The molecule has 4 rings (SSSR count). The van der Waals surface area contributed by atoms with Crippen LogP contribution in [0.4, 0.5) is 4.39 Å². The number of amides is 1. The number of hydrogen-bond donors (Lipinski definition) is 0. The molecule has 1 aliphatic heterocycles. The minimum Gasteiger partial charge on any atom is -0.439 e. The Morgan fingerprint density at radius 2 is 1.88 bits per heavy atom. The van der Waals surface area contributed by atoms with Crippen molar-refractivity contribution in [2.24, 2.45) is 0 Å². The Hall–Kier alpha value is -3.72. The minimum absolute atomic E-state index is 0.0507. The highest BCUT2D eigenvalue weighted by atomic mass is 32.2. The number of halogens is 1. The van der Waals surface area contributed by atoms with Crippen LogP contribution in [0.3, 0.4) is 0 Å². The third-order valence-corrected chi connectivity index (χ3v) is 6.10. The molecule has 7 nitrogen and oxygen atoms in total. The van der Waals surface area contributed by atoms with Crippen molar-refractivity contribution in [3.63, 3.8) is 0 Å². The van der Waals surface area contributed by atoms with Crippen LogP contribution < -0.4 is 9.47 Å². The maximum absolute atomic E-state index is 13.0. The number of hydrogen-bond acceptors (Lipinski definition) is 7. The zero-order valence-electron chi connectivity index (χ0n) is 18.3. The van der Waals surface area contributed by atoms with E-state index in [0.717, 1.165) is 17.3 Å². The molecule has 0 radical (unpaired) electrons. The molecule has 1 fully saturated rings. The lowest BCUT2D eigenvalue weighted by atomic mass is 10.2. The molecule has 174 valence electrons. The number of para-hydroxylation sites is 1. The number of likely N-dealkylation sites (tertiary alicyclic amines) is 1. The standard InChI is InChI=1S/C25H21FN2O5S/c1-16(29)32-22-5-3-2-4-21(22)25(31)34-20-12-24(30)28(15-20)14-17-6-11-23(27-13-17)33-19-9-7-18(26)8-10-19/h2-11,13,20H,12,14-15H2,1H3/t20-/m1/s1. The van der Waals surface area contributed by atoms with Gasteiger partial charge < -0.3 is 14.4 Å². The van der Waals surface area contributed by atoms with Crippen LogP contribution in [0, 0.1) is 5.82 Å². The van der Waals surface area contributed by atoms with Gasteiger partial charge in [0, 0.05) is 43.9 Å². The third-order valence-electron chi connectivity index (χ3n) is 5.02. The van der Waals surface area contributed by atoms with Gasteiger partial charge in [0.25, 0.3) is 0 Å². The molecule has 0 N–H and O–H groups in total. The van der Waals surface area contributed by atoms with E-state index < -0.39 is 5.97 Å². The quantitative estimate of drug-likeness (QED) is 0.361. The molecule has 2 aromatic carbocycles. The van der Waals surface area contributed by atoms with E-state index in [1.54, 1.807) is 47.5 Å². The second-order valence-corrected chi connectivity index (χ2v) is 8.93. The van der Waals surface area contributed by atoms with Gasteiger partial charge in [0.05, 0.1) is 5.56 Å². The number of thioether (sulfide) groups is 1. The molecule has 1 saturated heterocycles. The monoisotopic (exact) mass is 480 g/mol. The van der Waals surface area contributed by atoms with Gasteiger partial charge >= 0.3 is 5.97 Å². The fraction of sp³-hybridized carbons (Fsp3) is 0.200. The van der Waals surface area contributed by atoms with E-state index in [1.165, 1.54) is 31.2 Å². The number of esters is 1. The van der Waals surface area contributed by atoms with Crippen molar-refractivity contribution in [1.82, 2.24) is 9.88 Å². The molecule has 1 amide bonds. The molecule has 3 aromatic rings. The highest BCUT2D eigenvalue weighted by Crippen LogP contribution is 2.31. The molecule has 34 heavy (non-hydrogen) atoms. The summed E-state index contributed by atoms with van der Waals surface area (Å²) in [4.78, 5) is 42.5. The summed E-state index contributed by atoms with van der Waals surface area (Å²) in [5, 5.41) is -0.458. The van der Waals surface area contributed by atoms with Crippen LogP contribution in [0.2, 0.25) is 0 Å². The average Bonchev–Trinajstić information content (AvgIpc) is 3.15. The number of rotatable bonds is 7. The highest BCUT2D eigenvalue weighted by molar-refractivity contribution is 8.14. The van der Waals surface area contributed by atoms with Gasteiger partial charge in [-0.2, -0.15) is 0 Å². The van der Waals surface area contributed by atoms with Crippen molar-refractivity contribution in [3.05, 3.63) is 83.8 Å². The molecule has 0 spiro atoms. The van der Waals surface area contributed by atoms with Gasteiger partial charge in [-0.05, 0) is 42.0 Å². The van der Waals surface area contributed by atoms with E-state index in [2.05, 4.69) is 4.98 Å². The predicted octanol–water partition coefficient (Wildman–Crippen LogP) is 4.61. The largest absolute Gasteiger partial charge is 0.439 e. The summed E-state index contributed by atoms with van der Waals surface area (Å²) in [5.41, 5.74) is 1.12. The lowest BCUT2D eigenvalue weighted by molar-refractivity contribution is -0.132. The van der Waals surface area contributed by atoms with E-state index in [9.17, 15) is 18.8 Å². The van der Waals surface area contributed by atoms with Gasteiger partial charge in [0.1, 0.15) is 17.3 Å². The fourth-order valence-corrected chi connectivity index (χ4v) is 4.55. The van der Waals surface area contributed by atoms with Crippen molar-refractivity contribution >= 4 is 28.8 Å². The van der Waals surface area contributed by atoms with Crippen molar-refractivity contribution in [2.45, 2.75) is 25.1 Å². The second kappa shape index (κ2) is 10.5. The Morgan fingerprint density at radius 3 is 2.59 bits per heavy atom. The van der Waals surface area contributed by atoms with Crippen molar-refractivity contribution in [2.75, 3.05) is 6.54 Å². The summed E-state index contributed by atoms with van der Waals surface area (Å²) in [5.74, 6) is 0.130. The Bertz CT molecular complexity index is 1200. The summed E-state index contributed by atoms with van der Waals surface area (Å²) in [6.45, 7) is 2.05. The Labute approximate surface area is 199 Å². The van der Waals surface area contributed by atoms with Crippen LogP contribution in [0.1, 0.15) is 29.3 Å². The number of pyridine rings is 1. The van der Waals surface area contributed by atoms with Gasteiger partial charge in [0.15, 0.2) is 0 Å². The van der Waals surface area contributed by atoms with E-state index in [1.807, 2.05) is 0 Å². The third kappa shape index (κ3) is 5.99. The maximum atomic E-state index is 13.0. The number of nitrogens with zero attached hydrogens (tertiary/aromatic N) is 2. The summed E-state index contributed by atoms with van der Waals surface area (Å²) in [6.07, 6.45) is 1.86. The van der Waals surface area contributed by atoms with Gasteiger partial charge in [-0.3, -0.25) is 14.4 Å². The molecule has 0 aliphatic carbocycles. The fourth-order valence-electron chi connectivity index (χ4n) is 3.47. The van der Waals surface area contributed by atoms with Crippen molar-refractivity contribution < 1.29 is 28.2 Å². The minimum atomic E-state index is -0.504. The second-order valence-electron chi connectivity index (χ2n) is 7.66. The topological polar surface area (TPSA) is 85.8 Å². The van der Waals surface area contributed by atoms with Gasteiger partial charge in [-0.25, -0.2) is 9.37 Å². The van der Waals surface area contributed by atoms with Crippen LogP contribution >= 0.6 is 11.8 Å². The summed E-state index contributed by atoms with van der Waals surface area (Å²) in [7, 11) is 0. The van der Waals surface area contributed by atoms with Crippen molar-refractivity contribution in [1.29, 1.82) is 0 Å². The van der Waals surface area contributed by atoms with Crippen LogP contribution in [0.15, 0.2) is 66.9 Å². The zero-order chi connectivity index (χ0) is 24.1. The number of aromatic nitrogens is 1. The zero-order valence-corrected chi connectivity index (χ0v) is 19.1. The molecule has 0 unspecified atom stereocenters. The first-order valence-electron chi connectivity index (χ1n) is 10.5. The van der Waals surface area contributed by atoms with E-state index in [-0.39, 0.29) is 34.3 Å². The first-order valence-corrected chi connectivity index (χ1v) is 11.4. The molecule has 1 aliphatic rings. The van der Waals surface area contributed by atoms with E-state index in [0.29, 0.717) is 30.3 Å². The van der Waals surface area contributed by atoms with Crippen LogP contribution in [0.5, 0.6) is 17.4 Å². The molecule has 9 heteroatoms. The highest BCUT2D eigenvalue weighted by Gasteiger charge is 2.32. The summed E-state index contributed by atoms with van der Waals surface area (Å²) >= 11 is 1.07. The molecule has 1 atom stereocenters. The molecular weight excluding hydrogens is 459 g/mol. The molecule has 0 bridgehead atoms. The van der Waals surface area contributed by atoms with Crippen molar-refractivity contribution in [3.8, 4) is 17.4 Å². The number of benzene rings is 2. The number of carbonyl (C=O) groups excluding carboxylic acids is 3. The molecular formula is C25H21FN2O5S.